The second-order valence-electron chi connectivity index (χ2n) is 3.95. The fraction of sp³-hybridized carbons (Fsp3) is 0. The lowest BCUT2D eigenvalue weighted by molar-refractivity contribution is -0.384. The minimum absolute atomic E-state index is 0.0184. The van der Waals surface area contributed by atoms with E-state index in [1.165, 1.54) is 12.1 Å². The number of aromatic carboxylic acids is 1. The van der Waals surface area contributed by atoms with E-state index in [-0.39, 0.29) is 22.7 Å². The smallest absolute Gasteiger partial charge is 0.339 e. The maximum Gasteiger partial charge on any atom is 0.339 e. The molecule has 2 aromatic carbocycles. The average molecular weight is 356 g/mol. The van der Waals surface area contributed by atoms with Gasteiger partial charge < -0.3 is 9.84 Å². The fourth-order valence-corrected chi connectivity index (χ4v) is 2.04. The molecule has 0 amide bonds. The predicted molar refractivity (Wildman–Crippen MR) is 74.2 cm³/mol. The first kappa shape index (κ1) is 14.9. The number of nitro benzene ring substituents is 1. The molecule has 0 fully saturated rings. The van der Waals surface area contributed by atoms with Gasteiger partial charge in [0.25, 0.3) is 5.69 Å². The van der Waals surface area contributed by atoms with Gasteiger partial charge in [0, 0.05) is 16.6 Å². The van der Waals surface area contributed by atoms with Crippen LogP contribution in [-0.2, 0) is 0 Å². The molecule has 2 aromatic rings. The van der Waals surface area contributed by atoms with Crippen molar-refractivity contribution < 1.29 is 24.0 Å². The lowest BCUT2D eigenvalue weighted by Crippen LogP contribution is -2.01. The molecule has 0 saturated heterocycles. The van der Waals surface area contributed by atoms with Gasteiger partial charge in [-0.2, -0.15) is 0 Å². The van der Waals surface area contributed by atoms with Crippen LogP contribution < -0.4 is 4.74 Å². The Kier molecular flexibility index (Phi) is 4.18. The topological polar surface area (TPSA) is 89.7 Å². The minimum atomic E-state index is -1.31. The number of ether oxygens (including phenoxy) is 1. The Morgan fingerprint density at radius 1 is 1.29 bits per heavy atom. The van der Waals surface area contributed by atoms with Crippen molar-refractivity contribution in [2.75, 3.05) is 0 Å². The molecule has 0 saturated carbocycles. The van der Waals surface area contributed by atoms with Crippen LogP contribution in [0.15, 0.2) is 40.9 Å². The zero-order valence-electron chi connectivity index (χ0n) is 10.2. The van der Waals surface area contributed by atoms with E-state index in [1.807, 2.05) is 0 Å². The molecule has 0 heterocycles. The van der Waals surface area contributed by atoms with Gasteiger partial charge in [0.15, 0.2) is 0 Å². The third kappa shape index (κ3) is 3.54. The van der Waals surface area contributed by atoms with Crippen LogP contribution in [-0.4, -0.2) is 16.0 Å². The first-order valence-corrected chi connectivity index (χ1v) is 6.32. The van der Waals surface area contributed by atoms with Gasteiger partial charge >= 0.3 is 5.97 Å². The van der Waals surface area contributed by atoms with Gasteiger partial charge in [-0.3, -0.25) is 10.1 Å². The summed E-state index contributed by atoms with van der Waals surface area (Å²) >= 11 is 3.07. The summed E-state index contributed by atoms with van der Waals surface area (Å²) in [5.74, 6) is -2.13. The summed E-state index contributed by atoms with van der Waals surface area (Å²) in [7, 11) is 0. The summed E-state index contributed by atoms with van der Waals surface area (Å²) in [4.78, 5) is 21.1. The molecule has 0 radical (unpaired) electrons. The molecule has 108 valence electrons. The minimum Gasteiger partial charge on any atom is -0.478 e. The van der Waals surface area contributed by atoms with Crippen LogP contribution in [0.2, 0.25) is 0 Å². The average Bonchev–Trinajstić information content (AvgIpc) is 2.36. The Morgan fingerprint density at radius 3 is 2.57 bits per heavy atom. The molecule has 0 aliphatic heterocycles. The van der Waals surface area contributed by atoms with Gasteiger partial charge in [-0.1, -0.05) is 15.9 Å². The molecule has 0 aromatic heterocycles. The Hall–Kier alpha value is -2.48. The maximum absolute atomic E-state index is 13.3. The first-order valence-electron chi connectivity index (χ1n) is 5.52. The molecule has 0 aliphatic carbocycles. The van der Waals surface area contributed by atoms with Crippen molar-refractivity contribution in [2.45, 2.75) is 0 Å². The van der Waals surface area contributed by atoms with Crippen molar-refractivity contribution in [3.63, 3.8) is 0 Å². The number of nitro groups is 1. The third-order valence-corrected chi connectivity index (χ3v) is 2.93. The molecule has 0 spiro atoms. The van der Waals surface area contributed by atoms with E-state index in [0.717, 1.165) is 24.3 Å². The second-order valence-corrected chi connectivity index (χ2v) is 4.87. The molecule has 21 heavy (non-hydrogen) atoms. The molecule has 0 bridgehead atoms. The van der Waals surface area contributed by atoms with E-state index < -0.39 is 16.7 Å². The molecule has 0 aliphatic rings. The summed E-state index contributed by atoms with van der Waals surface area (Å²) in [6.07, 6.45) is 0. The Bertz CT molecular complexity index is 714. The number of rotatable bonds is 4. The standard InChI is InChI=1S/C13H7BrFNO5/c14-7-3-8(15)5-10(4-7)21-12-6-9(16(19)20)1-2-11(12)13(17)18/h1-6H,(H,17,18). The van der Waals surface area contributed by atoms with Crippen LogP contribution in [0.4, 0.5) is 10.1 Å². The number of hydrogen-bond acceptors (Lipinski definition) is 4. The lowest BCUT2D eigenvalue weighted by atomic mass is 10.2. The van der Waals surface area contributed by atoms with Gasteiger partial charge in [0.2, 0.25) is 0 Å². The summed E-state index contributed by atoms with van der Waals surface area (Å²) in [6.45, 7) is 0. The highest BCUT2D eigenvalue weighted by atomic mass is 79.9. The van der Waals surface area contributed by atoms with E-state index in [0.29, 0.717) is 4.47 Å². The normalized spacial score (nSPS) is 10.2. The molecule has 8 heteroatoms. The van der Waals surface area contributed by atoms with Crippen molar-refractivity contribution in [1.29, 1.82) is 0 Å². The molecular formula is C13H7BrFNO5. The number of carboxylic acids is 1. The predicted octanol–water partition coefficient (Wildman–Crippen LogP) is 3.99. The van der Waals surface area contributed by atoms with Crippen molar-refractivity contribution in [3.8, 4) is 11.5 Å². The molecule has 0 unspecified atom stereocenters. The quantitative estimate of drug-likeness (QED) is 0.661. The number of non-ortho nitro benzene ring substituents is 1. The molecule has 1 N–H and O–H groups in total. The maximum atomic E-state index is 13.3. The highest BCUT2D eigenvalue weighted by molar-refractivity contribution is 9.10. The summed E-state index contributed by atoms with van der Waals surface area (Å²) in [5, 5.41) is 19.8. The van der Waals surface area contributed by atoms with Gasteiger partial charge in [0.1, 0.15) is 22.9 Å². The molecular weight excluding hydrogens is 349 g/mol. The highest BCUT2D eigenvalue weighted by Crippen LogP contribution is 2.31. The van der Waals surface area contributed by atoms with Crippen LogP contribution >= 0.6 is 15.9 Å². The van der Waals surface area contributed by atoms with Crippen molar-refractivity contribution in [2.24, 2.45) is 0 Å². The highest BCUT2D eigenvalue weighted by Gasteiger charge is 2.17. The zero-order valence-corrected chi connectivity index (χ0v) is 11.8. The van der Waals surface area contributed by atoms with E-state index in [9.17, 15) is 19.3 Å². The Balaban J connectivity index is 2.47. The van der Waals surface area contributed by atoms with Crippen molar-refractivity contribution >= 4 is 27.6 Å². The Morgan fingerprint density at radius 2 is 2.00 bits per heavy atom. The number of benzene rings is 2. The van der Waals surface area contributed by atoms with Gasteiger partial charge in [0.05, 0.1) is 11.0 Å². The number of carboxylic acid groups (broad SMARTS) is 1. The van der Waals surface area contributed by atoms with Crippen molar-refractivity contribution in [3.05, 3.63) is 62.4 Å². The van der Waals surface area contributed by atoms with Crippen LogP contribution in [0.5, 0.6) is 11.5 Å². The van der Waals surface area contributed by atoms with Gasteiger partial charge in [-0.05, 0) is 18.2 Å². The monoisotopic (exact) mass is 355 g/mol. The summed E-state index contributed by atoms with van der Waals surface area (Å²) in [5.41, 5.74) is -0.591. The number of carbonyl (C=O) groups is 1. The number of nitrogens with zero attached hydrogens (tertiary/aromatic N) is 1. The SMILES string of the molecule is O=C(O)c1ccc([N+](=O)[O-])cc1Oc1cc(F)cc(Br)c1. The summed E-state index contributed by atoms with van der Waals surface area (Å²) in [6, 6.07) is 6.73. The van der Waals surface area contributed by atoms with E-state index in [2.05, 4.69) is 15.9 Å². The van der Waals surface area contributed by atoms with Gasteiger partial charge in [-0.15, -0.1) is 0 Å². The van der Waals surface area contributed by atoms with E-state index >= 15 is 0 Å². The number of halogens is 2. The third-order valence-electron chi connectivity index (χ3n) is 2.47. The molecule has 2 rings (SSSR count). The van der Waals surface area contributed by atoms with Crippen LogP contribution in [0.1, 0.15) is 10.4 Å². The summed E-state index contributed by atoms with van der Waals surface area (Å²) < 4.78 is 18.9. The number of hydrogen-bond donors (Lipinski definition) is 1. The Labute approximate surface area is 126 Å². The fourth-order valence-electron chi connectivity index (χ4n) is 1.60. The van der Waals surface area contributed by atoms with E-state index in [4.69, 9.17) is 9.84 Å². The largest absolute Gasteiger partial charge is 0.478 e. The first-order chi connectivity index (χ1) is 9.86. The van der Waals surface area contributed by atoms with Crippen LogP contribution in [0.3, 0.4) is 0 Å². The van der Waals surface area contributed by atoms with Crippen LogP contribution in [0.25, 0.3) is 0 Å². The zero-order chi connectivity index (χ0) is 15.6. The lowest BCUT2D eigenvalue weighted by Gasteiger charge is -2.09. The molecule has 0 atom stereocenters. The molecule has 6 nitrogen and oxygen atoms in total. The van der Waals surface area contributed by atoms with E-state index in [1.54, 1.807) is 0 Å². The van der Waals surface area contributed by atoms with Gasteiger partial charge in [-0.25, -0.2) is 9.18 Å². The van der Waals surface area contributed by atoms with Crippen molar-refractivity contribution in [1.82, 2.24) is 0 Å². The second kappa shape index (κ2) is 5.88. The van der Waals surface area contributed by atoms with Crippen LogP contribution in [0, 0.1) is 15.9 Å².